The zero-order valence-corrected chi connectivity index (χ0v) is 10.8. The molecule has 0 aromatic carbocycles. The molecule has 0 saturated heterocycles. The minimum absolute atomic E-state index is 0.353. The summed E-state index contributed by atoms with van der Waals surface area (Å²) >= 11 is 0. The van der Waals surface area contributed by atoms with Crippen molar-refractivity contribution < 1.29 is 4.74 Å². The Morgan fingerprint density at radius 3 is 2.47 bits per heavy atom. The molecule has 0 aromatic heterocycles. The van der Waals surface area contributed by atoms with Gasteiger partial charge in [0.05, 0.1) is 6.61 Å². The van der Waals surface area contributed by atoms with Gasteiger partial charge in [-0.2, -0.15) is 0 Å². The molecule has 2 heteroatoms. The van der Waals surface area contributed by atoms with Crippen LogP contribution in [0.15, 0.2) is 0 Å². The van der Waals surface area contributed by atoms with E-state index >= 15 is 0 Å². The predicted octanol–water partition coefficient (Wildman–Crippen LogP) is 2.97. The molecule has 0 aliphatic heterocycles. The standard InChI is InChI=1S/C13H27NO/c1-5-12(10-15-4)14-13(3)8-6-11(2)7-9-13/h11-12,14H,5-10H2,1-4H3. The summed E-state index contributed by atoms with van der Waals surface area (Å²) in [5, 5.41) is 3.78. The highest BCUT2D eigenvalue weighted by Gasteiger charge is 2.30. The Morgan fingerprint density at radius 1 is 1.40 bits per heavy atom. The maximum atomic E-state index is 5.24. The fourth-order valence-corrected chi connectivity index (χ4v) is 2.50. The third-order valence-electron chi connectivity index (χ3n) is 3.79. The van der Waals surface area contributed by atoms with E-state index in [1.807, 2.05) is 0 Å². The topological polar surface area (TPSA) is 21.3 Å². The highest BCUT2D eigenvalue weighted by molar-refractivity contribution is 4.90. The van der Waals surface area contributed by atoms with Gasteiger partial charge in [0, 0.05) is 18.7 Å². The van der Waals surface area contributed by atoms with Crippen molar-refractivity contribution in [3.63, 3.8) is 0 Å². The van der Waals surface area contributed by atoms with Crippen molar-refractivity contribution in [2.45, 2.75) is 64.5 Å². The first-order chi connectivity index (χ1) is 7.09. The number of nitrogens with one attached hydrogen (secondary N) is 1. The van der Waals surface area contributed by atoms with E-state index in [-0.39, 0.29) is 0 Å². The minimum Gasteiger partial charge on any atom is -0.383 e. The van der Waals surface area contributed by atoms with Gasteiger partial charge >= 0.3 is 0 Å². The number of rotatable bonds is 5. The van der Waals surface area contributed by atoms with E-state index < -0.39 is 0 Å². The van der Waals surface area contributed by atoms with Crippen molar-refractivity contribution in [1.82, 2.24) is 5.32 Å². The van der Waals surface area contributed by atoms with Crippen molar-refractivity contribution in [2.24, 2.45) is 5.92 Å². The smallest absolute Gasteiger partial charge is 0.0615 e. The molecule has 1 fully saturated rings. The van der Waals surface area contributed by atoms with E-state index in [2.05, 4.69) is 26.1 Å². The Kier molecular flexibility index (Phi) is 5.07. The fourth-order valence-electron chi connectivity index (χ4n) is 2.50. The van der Waals surface area contributed by atoms with Gasteiger partial charge in [-0.25, -0.2) is 0 Å². The van der Waals surface area contributed by atoms with E-state index in [4.69, 9.17) is 4.74 Å². The quantitative estimate of drug-likeness (QED) is 0.758. The Balaban J connectivity index is 2.40. The van der Waals surface area contributed by atoms with Gasteiger partial charge in [-0.1, -0.05) is 13.8 Å². The van der Waals surface area contributed by atoms with Crippen LogP contribution in [0.1, 0.15) is 52.9 Å². The average Bonchev–Trinajstić information content (AvgIpc) is 2.22. The van der Waals surface area contributed by atoms with Crippen LogP contribution in [0.25, 0.3) is 0 Å². The number of hydrogen-bond acceptors (Lipinski definition) is 2. The van der Waals surface area contributed by atoms with Gasteiger partial charge < -0.3 is 10.1 Å². The van der Waals surface area contributed by atoms with E-state index in [9.17, 15) is 0 Å². The van der Waals surface area contributed by atoms with Crippen LogP contribution in [0, 0.1) is 5.92 Å². The van der Waals surface area contributed by atoms with Gasteiger partial charge in [0.15, 0.2) is 0 Å². The maximum absolute atomic E-state index is 5.24. The summed E-state index contributed by atoms with van der Waals surface area (Å²) in [4.78, 5) is 0. The molecule has 0 bridgehead atoms. The molecule has 0 aromatic rings. The summed E-state index contributed by atoms with van der Waals surface area (Å²) in [7, 11) is 1.79. The van der Waals surface area contributed by atoms with Gasteiger partial charge in [0.2, 0.25) is 0 Å². The monoisotopic (exact) mass is 213 g/mol. The molecule has 0 spiro atoms. The van der Waals surface area contributed by atoms with Gasteiger partial charge in [0.25, 0.3) is 0 Å². The molecular formula is C13H27NO. The molecule has 1 atom stereocenters. The van der Waals surface area contributed by atoms with Crippen LogP contribution < -0.4 is 5.32 Å². The summed E-state index contributed by atoms with van der Waals surface area (Å²) in [6.45, 7) is 7.80. The summed E-state index contributed by atoms with van der Waals surface area (Å²) < 4.78 is 5.24. The Morgan fingerprint density at radius 2 is 2.00 bits per heavy atom. The van der Waals surface area contributed by atoms with Gasteiger partial charge in [-0.3, -0.25) is 0 Å². The van der Waals surface area contributed by atoms with E-state index in [1.165, 1.54) is 25.7 Å². The van der Waals surface area contributed by atoms with Crippen LogP contribution in [-0.4, -0.2) is 25.3 Å². The van der Waals surface area contributed by atoms with Crippen LogP contribution >= 0.6 is 0 Å². The lowest BCUT2D eigenvalue weighted by atomic mass is 9.78. The fraction of sp³-hybridized carbons (Fsp3) is 1.00. The second-order valence-corrected chi connectivity index (χ2v) is 5.45. The van der Waals surface area contributed by atoms with Gasteiger partial charge in [-0.05, 0) is 44.9 Å². The third kappa shape index (κ3) is 4.12. The molecule has 15 heavy (non-hydrogen) atoms. The molecule has 1 N–H and O–H groups in total. The van der Waals surface area contributed by atoms with Crippen LogP contribution in [0.2, 0.25) is 0 Å². The summed E-state index contributed by atoms with van der Waals surface area (Å²) in [5.74, 6) is 0.919. The second-order valence-electron chi connectivity index (χ2n) is 5.45. The van der Waals surface area contributed by atoms with Crippen LogP contribution in [0.4, 0.5) is 0 Å². The normalized spacial score (nSPS) is 34.0. The Bertz CT molecular complexity index is 173. The highest BCUT2D eigenvalue weighted by atomic mass is 16.5. The van der Waals surface area contributed by atoms with Crippen molar-refractivity contribution in [1.29, 1.82) is 0 Å². The third-order valence-corrected chi connectivity index (χ3v) is 3.79. The van der Waals surface area contributed by atoms with Gasteiger partial charge in [-0.15, -0.1) is 0 Å². The minimum atomic E-state index is 0.353. The lowest BCUT2D eigenvalue weighted by Gasteiger charge is -2.40. The van der Waals surface area contributed by atoms with Crippen molar-refractivity contribution in [3.8, 4) is 0 Å². The van der Waals surface area contributed by atoms with E-state index in [0.717, 1.165) is 18.9 Å². The molecule has 1 unspecified atom stereocenters. The van der Waals surface area contributed by atoms with Crippen LogP contribution in [-0.2, 0) is 4.74 Å². The summed E-state index contributed by atoms with van der Waals surface area (Å²) in [6, 6.07) is 0.522. The van der Waals surface area contributed by atoms with Crippen LogP contribution in [0.5, 0.6) is 0 Å². The molecule has 1 saturated carbocycles. The zero-order valence-electron chi connectivity index (χ0n) is 10.8. The molecule has 0 heterocycles. The number of ether oxygens (including phenoxy) is 1. The molecule has 1 aliphatic carbocycles. The first-order valence-electron chi connectivity index (χ1n) is 6.36. The molecule has 2 nitrogen and oxygen atoms in total. The predicted molar refractivity (Wildman–Crippen MR) is 65.1 cm³/mol. The Hall–Kier alpha value is -0.0800. The van der Waals surface area contributed by atoms with Crippen molar-refractivity contribution in [3.05, 3.63) is 0 Å². The summed E-state index contributed by atoms with van der Waals surface area (Å²) in [5.41, 5.74) is 0.353. The molecule has 1 rings (SSSR count). The van der Waals surface area contributed by atoms with E-state index in [0.29, 0.717) is 11.6 Å². The molecule has 1 aliphatic rings. The molecule has 90 valence electrons. The average molecular weight is 213 g/mol. The number of hydrogen-bond donors (Lipinski definition) is 1. The van der Waals surface area contributed by atoms with Crippen molar-refractivity contribution in [2.75, 3.05) is 13.7 Å². The SMILES string of the molecule is CCC(COC)NC1(C)CCC(C)CC1. The second kappa shape index (κ2) is 5.86. The molecular weight excluding hydrogens is 186 g/mol. The largest absolute Gasteiger partial charge is 0.383 e. The Labute approximate surface area is 94.8 Å². The lowest BCUT2D eigenvalue weighted by molar-refractivity contribution is 0.124. The number of methoxy groups -OCH3 is 1. The first-order valence-corrected chi connectivity index (χ1v) is 6.36. The molecule has 0 amide bonds. The highest BCUT2D eigenvalue weighted by Crippen LogP contribution is 2.31. The van der Waals surface area contributed by atoms with Crippen LogP contribution in [0.3, 0.4) is 0 Å². The maximum Gasteiger partial charge on any atom is 0.0615 e. The molecule has 0 radical (unpaired) electrons. The summed E-state index contributed by atoms with van der Waals surface area (Å²) in [6.07, 6.45) is 6.52. The van der Waals surface area contributed by atoms with Crippen molar-refractivity contribution >= 4 is 0 Å². The van der Waals surface area contributed by atoms with E-state index in [1.54, 1.807) is 7.11 Å². The first kappa shape index (κ1) is 13.0. The zero-order chi connectivity index (χ0) is 11.3. The lowest BCUT2D eigenvalue weighted by Crippen LogP contribution is -2.51. The van der Waals surface area contributed by atoms with Gasteiger partial charge in [0.1, 0.15) is 0 Å².